The predicted octanol–water partition coefficient (Wildman–Crippen LogP) is 3.82. The standard InChI is InChI=1S/C18H28FNO3S/c1-16(2,3)23-15(21)12-18(7,20-24(22)17(4,5)6)13-10-8-9-11-14(13)19/h8-11,20H,12H2,1-7H3/t18-,24+/m1/s1. The van der Waals surface area contributed by atoms with Gasteiger partial charge in [0.1, 0.15) is 11.4 Å². The summed E-state index contributed by atoms with van der Waals surface area (Å²) in [5.74, 6) is -0.936. The summed E-state index contributed by atoms with van der Waals surface area (Å²) in [4.78, 5) is 12.3. The third-order valence-electron chi connectivity index (χ3n) is 3.26. The van der Waals surface area contributed by atoms with E-state index >= 15 is 0 Å². The van der Waals surface area contributed by atoms with E-state index in [1.807, 2.05) is 20.8 Å². The number of benzene rings is 1. The maximum atomic E-state index is 14.3. The number of ether oxygens (including phenoxy) is 1. The summed E-state index contributed by atoms with van der Waals surface area (Å²) >= 11 is 0. The number of rotatable bonds is 5. The van der Waals surface area contributed by atoms with E-state index in [1.54, 1.807) is 45.9 Å². The minimum absolute atomic E-state index is 0.132. The van der Waals surface area contributed by atoms with E-state index in [4.69, 9.17) is 4.74 Å². The Morgan fingerprint density at radius 2 is 1.67 bits per heavy atom. The molecular weight excluding hydrogens is 329 g/mol. The molecule has 0 unspecified atom stereocenters. The van der Waals surface area contributed by atoms with Gasteiger partial charge in [0, 0.05) is 5.56 Å². The van der Waals surface area contributed by atoms with Gasteiger partial charge in [-0.3, -0.25) is 4.79 Å². The summed E-state index contributed by atoms with van der Waals surface area (Å²) in [7, 11) is -1.48. The third kappa shape index (κ3) is 5.98. The van der Waals surface area contributed by atoms with Crippen molar-refractivity contribution in [3.8, 4) is 0 Å². The van der Waals surface area contributed by atoms with Gasteiger partial charge in [-0.05, 0) is 54.5 Å². The van der Waals surface area contributed by atoms with Crippen LogP contribution < -0.4 is 4.72 Å². The number of esters is 1. The molecular formula is C18H28FNO3S. The van der Waals surface area contributed by atoms with Crippen LogP contribution in [0.5, 0.6) is 0 Å². The monoisotopic (exact) mass is 357 g/mol. The largest absolute Gasteiger partial charge is 0.460 e. The molecule has 0 heterocycles. The lowest BCUT2D eigenvalue weighted by Crippen LogP contribution is -2.48. The Bertz CT molecular complexity index is 619. The molecule has 0 bridgehead atoms. The van der Waals surface area contributed by atoms with Gasteiger partial charge in [-0.2, -0.15) is 0 Å². The molecule has 0 saturated heterocycles. The van der Waals surface area contributed by atoms with E-state index in [2.05, 4.69) is 4.72 Å². The molecule has 1 rings (SSSR count). The Hall–Kier alpha value is -1.27. The van der Waals surface area contributed by atoms with Crippen LogP contribution in [0.3, 0.4) is 0 Å². The Morgan fingerprint density at radius 3 is 2.12 bits per heavy atom. The second-order valence-corrected chi connectivity index (χ2v) is 10.0. The Kier molecular flexibility index (Phi) is 6.33. The van der Waals surface area contributed by atoms with Crippen LogP contribution >= 0.6 is 0 Å². The summed E-state index contributed by atoms with van der Waals surface area (Å²) in [6.45, 7) is 12.4. The van der Waals surface area contributed by atoms with E-state index in [-0.39, 0.29) is 12.0 Å². The highest BCUT2D eigenvalue weighted by Crippen LogP contribution is 2.30. The average molecular weight is 357 g/mol. The quantitative estimate of drug-likeness (QED) is 0.815. The SMILES string of the molecule is CC(C)(C)OC(=O)C[C@@](C)(N[S@@](=O)C(C)(C)C)c1ccccc1F. The lowest BCUT2D eigenvalue weighted by Gasteiger charge is -2.34. The number of hydrogen-bond acceptors (Lipinski definition) is 3. The van der Waals surface area contributed by atoms with Crippen molar-refractivity contribution in [3.05, 3.63) is 35.6 Å². The topological polar surface area (TPSA) is 55.4 Å². The van der Waals surface area contributed by atoms with Gasteiger partial charge in [0.15, 0.2) is 0 Å². The number of carbonyl (C=O) groups excluding carboxylic acids is 1. The van der Waals surface area contributed by atoms with Gasteiger partial charge in [0.25, 0.3) is 0 Å². The highest BCUT2D eigenvalue weighted by molar-refractivity contribution is 7.84. The number of nitrogens with one attached hydrogen (secondary N) is 1. The van der Waals surface area contributed by atoms with Gasteiger partial charge in [-0.25, -0.2) is 13.3 Å². The molecule has 4 nitrogen and oxygen atoms in total. The van der Waals surface area contributed by atoms with Crippen molar-refractivity contribution in [1.29, 1.82) is 0 Å². The molecule has 0 aromatic heterocycles. The summed E-state index contributed by atoms with van der Waals surface area (Å²) in [5, 5.41) is 0. The fourth-order valence-electron chi connectivity index (χ4n) is 2.12. The summed E-state index contributed by atoms with van der Waals surface area (Å²) < 4.78 is 34.6. The molecule has 0 radical (unpaired) electrons. The van der Waals surface area contributed by atoms with E-state index < -0.39 is 38.7 Å². The number of carbonyl (C=O) groups is 1. The van der Waals surface area contributed by atoms with E-state index in [1.165, 1.54) is 6.07 Å². The van der Waals surface area contributed by atoms with Gasteiger partial charge >= 0.3 is 5.97 Å². The van der Waals surface area contributed by atoms with Crippen molar-refractivity contribution < 1.29 is 18.1 Å². The first-order valence-electron chi connectivity index (χ1n) is 7.91. The molecule has 24 heavy (non-hydrogen) atoms. The predicted molar refractivity (Wildman–Crippen MR) is 95.2 cm³/mol. The van der Waals surface area contributed by atoms with Crippen molar-refractivity contribution >= 4 is 17.0 Å². The second-order valence-electron chi connectivity index (χ2n) is 8.06. The summed E-state index contributed by atoms with van der Waals surface area (Å²) in [5.41, 5.74) is -1.50. The zero-order valence-electron chi connectivity index (χ0n) is 15.5. The molecule has 1 aromatic carbocycles. The van der Waals surface area contributed by atoms with Crippen molar-refractivity contribution in [1.82, 2.24) is 4.72 Å². The molecule has 0 aliphatic rings. The smallest absolute Gasteiger partial charge is 0.308 e. The lowest BCUT2D eigenvalue weighted by molar-refractivity contribution is -0.156. The van der Waals surface area contributed by atoms with E-state index in [9.17, 15) is 13.4 Å². The molecule has 2 atom stereocenters. The number of hydrogen-bond donors (Lipinski definition) is 1. The third-order valence-corrected chi connectivity index (χ3v) is 5.01. The molecule has 0 aliphatic heterocycles. The Labute approximate surface area is 146 Å². The lowest BCUT2D eigenvalue weighted by atomic mass is 9.89. The molecule has 0 amide bonds. The van der Waals surface area contributed by atoms with Crippen LogP contribution in [0.4, 0.5) is 4.39 Å². The highest BCUT2D eigenvalue weighted by Gasteiger charge is 2.37. The molecule has 136 valence electrons. The summed E-state index contributed by atoms with van der Waals surface area (Å²) in [6.07, 6.45) is -0.132. The van der Waals surface area contributed by atoms with Gasteiger partial charge < -0.3 is 4.74 Å². The molecule has 0 aliphatic carbocycles. The van der Waals surface area contributed by atoms with Gasteiger partial charge in [-0.1, -0.05) is 18.2 Å². The minimum atomic E-state index is -1.48. The Balaban J connectivity index is 3.19. The van der Waals surface area contributed by atoms with Crippen molar-refractivity contribution in [2.75, 3.05) is 0 Å². The normalized spacial score (nSPS) is 16.3. The fourth-order valence-corrected chi connectivity index (χ4v) is 3.02. The molecule has 1 aromatic rings. The first-order valence-corrected chi connectivity index (χ1v) is 9.06. The molecule has 0 saturated carbocycles. The maximum Gasteiger partial charge on any atom is 0.308 e. The van der Waals surface area contributed by atoms with Crippen LogP contribution in [-0.4, -0.2) is 20.5 Å². The number of halogens is 1. The maximum absolute atomic E-state index is 14.3. The molecule has 1 N–H and O–H groups in total. The van der Waals surface area contributed by atoms with Crippen LogP contribution in [0.15, 0.2) is 24.3 Å². The zero-order valence-corrected chi connectivity index (χ0v) is 16.3. The van der Waals surface area contributed by atoms with Crippen LogP contribution in [-0.2, 0) is 26.1 Å². The minimum Gasteiger partial charge on any atom is -0.460 e. The van der Waals surface area contributed by atoms with Crippen LogP contribution in [0.2, 0.25) is 0 Å². The molecule has 0 fully saturated rings. The fraction of sp³-hybridized carbons (Fsp3) is 0.611. The van der Waals surface area contributed by atoms with E-state index in [0.29, 0.717) is 0 Å². The van der Waals surface area contributed by atoms with Crippen molar-refractivity contribution in [2.24, 2.45) is 0 Å². The first-order chi connectivity index (χ1) is 10.7. The van der Waals surface area contributed by atoms with Crippen molar-refractivity contribution in [3.63, 3.8) is 0 Å². The Morgan fingerprint density at radius 1 is 1.12 bits per heavy atom. The van der Waals surface area contributed by atoms with Gasteiger partial charge in [0.2, 0.25) is 0 Å². The van der Waals surface area contributed by atoms with E-state index in [0.717, 1.165) is 0 Å². The summed E-state index contributed by atoms with van der Waals surface area (Å²) in [6, 6.07) is 6.18. The van der Waals surface area contributed by atoms with Crippen LogP contribution in [0.1, 0.15) is 60.5 Å². The molecule has 6 heteroatoms. The highest BCUT2D eigenvalue weighted by atomic mass is 32.2. The second kappa shape index (κ2) is 7.31. The van der Waals surface area contributed by atoms with Crippen LogP contribution in [0, 0.1) is 5.82 Å². The average Bonchev–Trinajstić information content (AvgIpc) is 2.34. The van der Waals surface area contributed by atoms with Crippen molar-refractivity contribution in [2.45, 2.75) is 70.8 Å². The van der Waals surface area contributed by atoms with Gasteiger partial charge in [0.05, 0.1) is 27.7 Å². The van der Waals surface area contributed by atoms with Gasteiger partial charge in [-0.15, -0.1) is 0 Å². The molecule has 0 spiro atoms. The first kappa shape index (κ1) is 20.8. The zero-order chi connectivity index (χ0) is 18.8. The van der Waals surface area contributed by atoms with Crippen LogP contribution in [0.25, 0.3) is 0 Å².